The number of nitrogens with one attached hydrogen (secondary N) is 2. The van der Waals surface area contributed by atoms with E-state index in [0.717, 1.165) is 5.56 Å². The highest BCUT2D eigenvalue weighted by Crippen LogP contribution is 2.38. The van der Waals surface area contributed by atoms with Gasteiger partial charge in [0.25, 0.3) is 0 Å². The lowest BCUT2D eigenvalue weighted by atomic mass is 10.1. The van der Waals surface area contributed by atoms with Crippen LogP contribution in [0.4, 0.5) is 8.78 Å². The van der Waals surface area contributed by atoms with Crippen molar-refractivity contribution in [3.8, 4) is 23.1 Å². The van der Waals surface area contributed by atoms with E-state index in [4.69, 9.17) is 14.2 Å². The maximum atomic E-state index is 12.8. The number of benzene rings is 1. The Hall–Kier alpha value is -2.57. The standard InChI is InChI=1S/C19H22F2N4O4.HI/c1-3-26-17-12(5-4-6-23-17)9-24-19(22-2)25-10-13-7-15-16(28-11-27-15)8-14(13)29-18(20)21;/h4-8,18H,3,9-11H2,1-2H3,(H2,22,24,25);1H. The molecule has 0 saturated heterocycles. The Morgan fingerprint density at radius 3 is 2.57 bits per heavy atom. The predicted octanol–water partition coefficient (Wildman–Crippen LogP) is 3.29. The molecule has 1 aliphatic rings. The molecule has 0 unspecified atom stereocenters. The van der Waals surface area contributed by atoms with Gasteiger partial charge in [-0.05, 0) is 19.1 Å². The average molecular weight is 536 g/mol. The van der Waals surface area contributed by atoms with E-state index in [9.17, 15) is 8.78 Å². The van der Waals surface area contributed by atoms with Crippen LogP contribution < -0.4 is 29.6 Å². The summed E-state index contributed by atoms with van der Waals surface area (Å²) in [6, 6.07) is 6.71. The smallest absolute Gasteiger partial charge is 0.387 e. The Bertz CT molecular complexity index is 870. The van der Waals surface area contributed by atoms with E-state index in [1.807, 2.05) is 19.1 Å². The summed E-state index contributed by atoms with van der Waals surface area (Å²) in [4.78, 5) is 8.35. The molecular formula is C19H23F2IN4O4. The number of nitrogens with zero attached hydrogens (tertiary/aromatic N) is 2. The van der Waals surface area contributed by atoms with E-state index in [1.54, 1.807) is 19.3 Å². The van der Waals surface area contributed by atoms with Gasteiger partial charge in [-0.15, -0.1) is 24.0 Å². The topological polar surface area (TPSA) is 86.2 Å². The van der Waals surface area contributed by atoms with Gasteiger partial charge in [-0.3, -0.25) is 4.99 Å². The quantitative estimate of drug-likeness (QED) is 0.304. The van der Waals surface area contributed by atoms with Crippen LogP contribution in [0.1, 0.15) is 18.1 Å². The monoisotopic (exact) mass is 536 g/mol. The van der Waals surface area contributed by atoms with E-state index in [2.05, 4.69) is 25.3 Å². The number of rotatable bonds is 8. The first-order chi connectivity index (χ1) is 14.1. The third-order valence-corrected chi connectivity index (χ3v) is 4.02. The van der Waals surface area contributed by atoms with Gasteiger partial charge in [0, 0.05) is 43.5 Å². The van der Waals surface area contributed by atoms with Crippen molar-refractivity contribution in [3.05, 3.63) is 41.6 Å². The number of fused-ring (bicyclic) bond motifs is 1. The Morgan fingerprint density at radius 2 is 1.90 bits per heavy atom. The minimum Gasteiger partial charge on any atom is -0.478 e. The van der Waals surface area contributed by atoms with Gasteiger partial charge in [-0.1, -0.05) is 6.07 Å². The summed E-state index contributed by atoms with van der Waals surface area (Å²) in [6.45, 7) is 0.0876. The molecule has 0 radical (unpaired) electrons. The molecule has 3 rings (SSSR count). The fourth-order valence-electron chi connectivity index (χ4n) is 2.71. The molecule has 30 heavy (non-hydrogen) atoms. The molecule has 0 saturated carbocycles. The minimum atomic E-state index is -2.95. The SMILES string of the molecule is CCOc1ncccc1CNC(=NC)NCc1cc2c(cc1OC(F)F)OCO2.I. The lowest BCUT2D eigenvalue weighted by Crippen LogP contribution is -2.36. The summed E-state index contributed by atoms with van der Waals surface area (Å²) in [5.74, 6) is 1.87. The molecule has 8 nitrogen and oxygen atoms in total. The van der Waals surface area contributed by atoms with Gasteiger partial charge in [-0.2, -0.15) is 8.78 Å². The van der Waals surface area contributed by atoms with Gasteiger partial charge in [0.15, 0.2) is 17.5 Å². The molecule has 0 amide bonds. The maximum absolute atomic E-state index is 12.8. The summed E-state index contributed by atoms with van der Waals surface area (Å²) < 4.78 is 46.2. The van der Waals surface area contributed by atoms with E-state index < -0.39 is 6.61 Å². The van der Waals surface area contributed by atoms with Gasteiger partial charge in [0.2, 0.25) is 12.7 Å². The van der Waals surface area contributed by atoms with E-state index >= 15 is 0 Å². The highest BCUT2D eigenvalue weighted by molar-refractivity contribution is 14.0. The van der Waals surface area contributed by atoms with Gasteiger partial charge >= 0.3 is 6.61 Å². The molecule has 2 aromatic rings. The van der Waals surface area contributed by atoms with Crippen molar-refractivity contribution in [1.82, 2.24) is 15.6 Å². The summed E-state index contributed by atoms with van der Waals surface area (Å²) in [5.41, 5.74) is 1.34. The zero-order valence-electron chi connectivity index (χ0n) is 16.5. The molecule has 1 aliphatic heterocycles. The Balaban J connectivity index is 0.00000320. The van der Waals surface area contributed by atoms with E-state index in [1.165, 1.54) is 6.07 Å². The molecule has 0 atom stereocenters. The van der Waals surface area contributed by atoms with Crippen LogP contribution in [0, 0.1) is 0 Å². The number of alkyl halides is 2. The van der Waals surface area contributed by atoms with Crippen LogP contribution in [-0.2, 0) is 13.1 Å². The number of hydrogen-bond acceptors (Lipinski definition) is 6. The first-order valence-corrected chi connectivity index (χ1v) is 8.99. The van der Waals surface area contributed by atoms with Crippen molar-refractivity contribution in [1.29, 1.82) is 0 Å². The molecule has 0 bridgehead atoms. The van der Waals surface area contributed by atoms with Crippen molar-refractivity contribution >= 4 is 29.9 Å². The molecule has 0 aliphatic carbocycles. The molecule has 11 heteroatoms. The lowest BCUT2D eigenvalue weighted by molar-refractivity contribution is -0.0505. The predicted molar refractivity (Wildman–Crippen MR) is 117 cm³/mol. The van der Waals surface area contributed by atoms with Gasteiger partial charge in [0.05, 0.1) is 6.61 Å². The van der Waals surface area contributed by atoms with Crippen molar-refractivity contribution in [2.45, 2.75) is 26.6 Å². The number of halogens is 3. The fourth-order valence-corrected chi connectivity index (χ4v) is 2.71. The van der Waals surface area contributed by atoms with Crippen LogP contribution in [0.2, 0.25) is 0 Å². The van der Waals surface area contributed by atoms with Gasteiger partial charge < -0.3 is 29.6 Å². The largest absolute Gasteiger partial charge is 0.478 e. The fraction of sp³-hybridized carbons (Fsp3) is 0.368. The second-order valence-corrected chi connectivity index (χ2v) is 5.87. The minimum absolute atomic E-state index is 0. The second kappa shape index (κ2) is 11.6. The Labute approximate surface area is 190 Å². The van der Waals surface area contributed by atoms with Crippen molar-refractivity contribution in [3.63, 3.8) is 0 Å². The molecule has 1 aromatic heterocycles. The van der Waals surface area contributed by atoms with Crippen LogP contribution >= 0.6 is 24.0 Å². The van der Waals surface area contributed by atoms with Crippen LogP contribution in [0.15, 0.2) is 35.5 Å². The summed E-state index contributed by atoms with van der Waals surface area (Å²) in [6.07, 6.45) is 1.66. The molecule has 0 fully saturated rings. The molecule has 2 N–H and O–H groups in total. The number of ether oxygens (including phenoxy) is 4. The molecule has 1 aromatic carbocycles. The van der Waals surface area contributed by atoms with Crippen molar-refractivity contribution < 1.29 is 27.7 Å². The average Bonchev–Trinajstić information content (AvgIpc) is 3.16. The van der Waals surface area contributed by atoms with Crippen LogP contribution in [0.5, 0.6) is 23.1 Å². The normalized spacial score (nSPS) is 12.4. The Morgan fingerprint density at radius 1 is 1.20 bits per heavy atom. The molecule has 0 spiro atoms. The number of aliphatic imine (C=N–C) groups is 1. The van der Waals surface area contributed by atoms with Crippen LogP contribution in [0.25, 0.3) is 0 Å². The van der Waals surface area contributed by atoms with Gasteiger partial charge in [-0.25, -0.2) is 4.98 Å². The second-order valence-electron chi connectivity index (χ2n) is 5.87. The Kier molecular flexibility index (Phi) is 9.15. The lowest BCUT2D eigenvalue weighted by Gasteiger charge is -2.16. The van der Waals surface area contributed by atoms with Gasteiger partial charge in [0.1, 0.15) is 5.75 Å². The first-order valence-electron chi connectivity index (χ1n) is 8.99. The zero-order chi connectivity index (χ0) is 20.6. The summed E-state index contributed by atoms with van der Waals surface area (Å²) in [7, 11) is 1.61. The van der Waals surface area contributed by atoms with Crippen LogP contribution in [-0.4, -0.2) is 38.0 Å². The van der Waals surface area contributed by atoms with E-state index in [0.29, 0.717) is 42.1 Å². The molecular weight excluding hydrogens is 513 g/mol. The van der Waals surface area contributed by atoms with Crippen LogP contribution in [0.3, 0.4) is 0 Å². The molecule has 2 heterocycles. The third kappa shape index (κ3) is 6.21. The van der Waals surface area contributed by atoms with E-state index in [-0.39, 0.29) is 43.1 Å². The first kappa shape index (κ1) is 23.7. The number of hydrogen-bond donors (Lipinski definition) is 2. The maximum Gasteiger partial charge on any atom is 0.387 e. The number of pyridine rings is 1. The van der Waals surface area contributed by atoms with Crippen molar-refractivity contribution in [2.24, 2.45) is 4.99 Å². The third-order valence-electron chi connectivity index (χ3n) is 4.02. The zero-order valence-corrected chi connectivity index (χ0v) is 18.8. The highest BCUT2D eigenvalue weighted by Gasteiger charge is 2.20. The molecule has 164 valence electrons. The highest BCUT2D eigenvalue weighted by atomic mass is 127. The number of guanidine groups is 1. The van der Waals surface area contributed by atoms with Crippen molar-refractivity contribution in [2.75, 3.05) is 20.4 Å². The summed E-state index contributed by atoms with van der Waals surface area (Å²) in [5, 5.41) is 6.21. The summed E-state index contributed by atoms with van der Waals surface area (Å²) >= 11 is 0. The number of aromatic nitrogens is 1.